The molecule has 2 fully saturated rings. The van der Waals surface area contributed by atoms with E-state index >= 15 is 8.78 Å². The third-order valence-electron chi connectivity index (χ3n) is 11.4. The standard InChI is InChI=1S/C42H37ClF9N7O5S2/c1-40(2,65(61,62)25-4-5-25)13-11-24-3-8-27(28-9-10-30(43)33-36(28)59(20-42(50,51)52)56-39(33)57-66(63,64)26-6-7-26)34(53-24)31(17-21-15-22(44)18-23(45)16-21)54-32(60)19-58-37-29(12-14-41(37,48)49)35(55-58)38(46)47/h3,8-10,15-16,18,25-26,31,38H,4-7,12,14,17,19-20H2,1-2H3,(H,54,60)(H,56,57)/t31-/m0/s1. The molecule has 12 nitrogen and oxygen atoms in total. The Balaban J connectivity index is 1.33. The Labute approximate surface area is 376 Å². The molecule has 2 aromatic carbocycles. The van der Waals surface area contributed by atoms with Gasteiger partial charge in [-0.05, 0) is 94.2 Å². The Morgan fingerprint density at radius 3 is 2.20 bits per heavy atom. The first-order valence-corrected chi connectivity index (χ1v) is 23.8. The van der Waals surface area contributed by atoms with Gasteiger partial charge in [0.25, 0.3) is 12.3 Å². The van der Waals surface area contributed by atoms with Gasteiger partial charge in [-0.25, -0.2) is 39.4 Å². The second-order valence-electron chi connectivity index (χ2n) is 16.9. The molecule has 0 unspecified atom stereocenters. The van der Waals surface area contributed by atoms with Crippen LogP contribution in [0.4, 0.5) is 45.3 Å². The third-order valence-corrected chi connectivity index (χ3v) is 16.4. The molecule has 66 heavy (non-hydrogen) atoms. The van der Waals surface area contributed by atoms with Crippen molar-refractivity contribution in [1.82, 2.24) is 29.9 Å². The van der Waals surface area contributed by atoms with Gasteiger partial charge < -0.3 is 5.32 Å². The van der Waals surface area contributed by atoms with E-state index in [9.17, 15) is 52.4 Å². The van der Waals surface area contributed by atoms with Crippen molar-refractivity contribution in [3.63, 3.8) is 0 Å². The maximum absolute atomic E-state index is 15.1. The van der Waals surface area contributed by atoms with Gasteiger partial charge in [-0.1, -0.05) is 23.6 Å². The summed E-state index contributed by atoms with van der Waals surface area (Å²) in [5.74, 6) is -2.08. The number of amides is 1. The van der Waals surface area contributed by atoms with Crippen molar-refractivity contribution in [2.45, 2.75) is 112 Å². The fraction of sp³-hybridized carbons (Fsp3) is 0.429. The van der Waals surface area contributed by atoms with Crippen LogP contribution < -0.4 is 10.0 Å². The average Bonchev–Trinajstić information content (AvgIpc) is 4.14. The van der Waals surface area contributed by atoms with E-state index in [0.717, 1.165) is 12.1 Å². The van der Waals surface area contributed by atoms with Gasteiger partial charge in [0.15, 0.2) is 15.7 Å². The van der Waals surface area contributed by atoms with Crippen LogP contribution in [0.25, 0.3) is 22.0 Å². The number of pyridine rings is 1. The molecule has 3 heterocycles. The highest BCUT2D eigenvalue weighted by atomic mass is 35.5. The highest BCUT2D eigenvalue weighted by Gasteiger charge is 2.47. The molecule has 2 saturated carbocycles. The van der Waals surface area contributed by atoms with Crippen molar-refractivity contribution >= 4 is 54.1 Å². The predicted octanol–water partition coefficient (Wildman–Crippen LogP) is 8.48. The van der Waals surface area contributed by atoms with Crippen molar-refractivity contribution in [3.8, 4) is 23.0 Å². The Morgan fingerprint density at radius 1 is 0.924 bits per heavy atom. The van der Waals surface area contributed by atoms with Gasteiger partial charge in [0.05, 0.1) is 38.2 Å². The van der Waals surface area contributed by atoms with E-state index in [0.29, 0.717) is 28.3 Å². The first-order chi connectivity index (χ1) is 30.7. The second-order valence-corrected chi connectivity index (χ2v) is 22.0. The number of hydrogen-bond donors (Lipinski definition) is 2. The van der Waals surface area contributed by atoms with Gasteiger partial charge in [0.2, 0.25) is 15.9 Å². The predicted molar refractivity (Wildman–Crippen MR) is 223 cm³/mol. The van der Waals surface area contributed by atoms with E-state index in [1.807, 2.05) is 0 Å². The van der Waals surface area contributed by atoms with Crippen LogP contribution in [0.2, 0.25) is 5.02 Å². The van der Waals surface area contributed by atoms with Crippen molar-refractivity contribution in [2.75, 3.05) is 4.72 Å². The molecule has 1 amide bonds. The molecular formula is C42H37ClF9N7O5S2. The number of nitrogens with one attached hydrogen (secondary N) is 2. The third kappa shape index (κ3) is 9.45. The fourth-order valence-electron chi connectivity index (χ4n) is 7.99. The molecule has 0 bridgehead atoms. The number of anilines is 1. The van der Waals surface area contributed by atoms with E-state index in [2.05, 4.69) is 37.1 Å². The maximum atomic E-state index is 15.1. The van der Waals surface area contributed by atoms with Crippen molar-refractivity contribution in [2.24, 2.45) is 0 Å². The summed E-state index contributed by atoms with van der Waals surface area (Å²) in [5.41, 5.74) is -3.56. The molecule has 0 saturated heterocycles. The van der Waals surface area contributed by atoms with Crippen molar-refractivity contribution in [1.29, 1.82) is 0 Å². The number of benzene rings is 2. The zero-order valence-electron chi connectivity index (χ0n) is 34.6. The molecule has 3 aliphatic carbocycles. The minimum absolute atomic E-state index is 0.124. The van der Waals surface area contributed by atoms with E-state index in [4.69, 9.17) is 11.6 Å². The van der Waals surface area contributed by atoms with Gasteiger partial charge in [-0.2, -0.15) is 32.1 Å². The summed E-state index contributed by atoms with van der Waals surface area (Å²) >= 11 is 6.58. The summed E-state index contributed by atoms with van der Waals surface area (Å²) < 4.78 is 185. The average molecular weight is 990 g/mol. The van der Waals surface area contributed by atoms with E-state index in [-0.39, 0.29) is 56.8 Å². The summed E-state index contributed by atoms with van der Waals surface area (Å²) in [6.45, 7) is -0.114. The van der Waals surface area contributed by atoms with Crippen LogP contribution in [0.1, 0.15) is 92.3 Å². The van der Waals surface area contributed by atoms with Crippen LogP contribution in [0, 0.1) is 23.5 Å². The molecule has 0 radical (unpaired) electrons. The molecule has 3 aromatic heterocycles. The molecule has 24 heteroatoms. The van der Waals surface area contributed by atoms with Gasteiger partial charge in [-0.3, -0.25) is 18.9 Å². The van der Waals surface area contributed by atoms with Crippen molar-refractivity contribution in [3.05, 3.63) is 93.0 Å². The van der Waals surface area contributed by atoms with Crippen LogP contribution >= 0.6 is 11.6 Å². The first-order valence-electron chi connectivity index (χ1n) is 20.3. The zero-order chi connectivity index (χ0) is 47.9. The lowest BCUT2D eigenvalue weighted by Gasteiger charge is -2.23. The van der Waals surface area contributed by atoms with Crippen LogP contribution in [0.5, 0.6) is 0 Å². The number of sulfonamides is 1. The van der Waals surface area contributed by atoms with Crippen LogP contribution in [0.15, 0.2) is 42.5 Å². The molecule has 2 N–H and O–H groups in total. The largest absolute Gasteiger partial charge is 0.408 e. The molecular weight excluding hydrogens is 953 g/mol. The topological polar surface area (TPSA) is 158 Å². The van der Waals surface area contributed by atoms with E-state index in [1.54, 1.807) is 0 Å². The first kappa shape index (κ1) is 47.2. The number of sulfone groups is 1. The molecule has 8 rings (SSSR count). The number of carbonyl (C=O) groups is 1. The van der Waals surface area contributed by atoms with Gasteiger partial charge in [0.1, 0.15) is 46.6 Å². The fourth-order valence-corrected chi connectivity index (χ4v) is 11.3. The summed E-state index contributed by atoms with van der Waals surface area (Å²) in [7, 11) is -7.94. The minimum Gasteiger partial charge on any atom is -0.346 e. The molecule has 0 spiro atoms. The number of halogens is 10. The van der Waals surface area contributed by atoms with Crippen LogP contribution in [-0.4, -0.2) is 68.7 Å². The SMILES string of the molecule is CC(C)(C#Cc1ccc(-c2ccc(Cl)c3c(NS(=O)(=O)C4CC4)nn(CC(F)(F)F)c23)c([C@H](Cc2cc(F)cc(F)c2)NC(=O)Cn2nc(C(F)F)c3c2C(F)(F)CC3)n1)S(=O)(=O)C1CC1. The lowest BCUT2D eigenvalue weighted by atomic mass is 9.93. The van der Waals surface area contributed by atoms with E-state index < -0.39 is 132 Å². The van der Waals surface area contributed by atoms with Crippen LogP contribution in [0.3, 0.4) is 0 Å². The van der Waals surface area contributed by atoms with E-state index in [1.165, 1.54) is 38.1 Å². The number of carbonyl (C=O) groups excluding carboxylic acids is 1. The number of fused-ring (bicyclic) bond motifs is 2. The zero-order valence-corrected chi connectivity index (χ0v) is 37.0. The molecule has 352 valence electrons. The van der Waals surface area contributed by atoms with Crippen LogP contribution in [-0.2, 0) is 56.5 Å². The summed E-state index contributed by atoms with van der Waals surface area (Å²) in [5, 5.41) is 8.17. The van der Waals surface area contributed by atoms with Gasteiger partial charge >= 0.3 is 6.18 Å². The molecule has 5 aromatic rings. The Kier molecular flexibility index (Phi) is 12.0. The molecule has 1 atom stereocenters. The summed E-state index contributed by atoms with van der Waals surface area (Å²) in [6, 6.07) is 5.76. The highest BCUT2D eigenvalue weighted by molar-refractivity contribution is 7.94. The van der Waals surface area contributed by atoms with Crippen molar-refractivity contribution < 1.29 is 61.1 Å². The molecule has 0 aliphatic heterocycles. The minimum atomic E-state index is -4.95. The van der Waals surface area contributed by atoms with Gasteiger partial charge in [0, 0.05) is 29.2 Å². The number of rotatable bonds is 14. The number of nitrogens with zero attached hydrogens (tertiary/aromatic N) is 5. The van der Waals surface area contributed by atoms with Gasteiger partial charge in [-0.15, -0.1) is 0 Å². The Morgan fingerprint density at radius 2 is 1.58 bits per heavy atom. The maximum Gasteiger partial charge on any atom is 0.408 e. The Hall–Kier alpha value is -5.34. The summed E-state index contributed by atoms with van der Waals surface area (Å²) in [4.78, 5) is 18.7. The highest BCUT2D eigenvalue weighted by Crippen LogP contribution is 2.46. The number of aromatic nitrogens is 5. The monoisotopic (exact) mass is 989 g/mol. The quantitative estimate of drug-likeness (QED) is 0.0829. The molecule has 3 aliphatic rings. The second kappa shape index (κ2) is 16.8. The number of alkyl halides is 7. The Bertz CT molecular complexity index is 3060. The smallest absolute Gasteiger partial charge is 0.346 e. The lowest BCUT2D eigenvalue weighted by Crippen LogP contribution is -2.35. The summed E-state index contributed by atoms with van der Waals surface area (Å²) in [6.07, 6.45) is -8.67. The normalized spacial score (nSPS) is 16.9. The lowest BCUT2D eigenvalue weighted by molar-refractivity contribution is -0.141. The number of hydrogen-bond acceptors (Lipinski definition) is 8.